The number of nitrogens with one attached hydrogen (secondary N) is 1. The van der Waals surface area contributed by atoms with Gasteiger partial charge in [0, 0.05) is 32.4 Å². The van der Waals surface area contributed by atoms with E-state index < -0.39 is 0 Å². The molecule has 0 unspecified atom stereocenters. The first-order chi connectivity index (χ1) is 7.79. The molecule has 1 aliphatic rings. The quantitative estimate of drug-likeness (QED) is 0.729. The molecule has 0 aliphatic heterocycles. The predicted molar refractivity (Wildman–Crippen MR) is 63.0 cm³/mol. The van der Waals surface area contributed by atoms with Crippen molar-refractivity contribution in [2.24, 2.45) is 5.41 Å². The molecule has 0 amide bonds. The van der Waals surface area contributed by atoms with Gasteiger partial charge in [-0.1, -0.05) is 0 Å². The van der Waals surface area contributed by atoms with E-state index in [1.807, 2.05) is 12.5 Å². The first kappa shape index (κ1) is 11.6. The van der Waals surface area contributed by atoms with Gasteiger partial charge in [0.15, 0.2) is 0 Å². The van der Waals surface area contributed by atoms with E-state index in [2.05, 4.69) is 21.8 Å². The number of imidazole rings is 1. The molecule has 4 heteroatoms. The molecule has 1 aromatic rings. The van der Waals surface area contributed by atoms with Crippen LogP contribution in [0.15, 0.2) is 12.5 Å². The van der Waals surface area contributed by atoms with Gasteiger partial charge in [0.05, 0.1) is 12.0 Å². The number of hydrogen-bond donors (Lipinski definition) is 2. The maximum absolute atomic E-state index is 8.97. The van der Waals surface area contributed by atoms with Gasteiger partial charge in [-0.15, -0.1) is 0 Å². The van der Waals surface area contributed by atoms with Crippen LogP contribution in [0.3, 0.4) is 0 Å². The second-order valence-electron chi connectivity index (χ2n) is 4.75. The maximum Gasteiger partial charge on any atom is 0.0948 e. The highest BCUT2D eigenvalue weighted by Gasteiger charge is 2.41. The van der Waals surface area contributed by atoms with E-state index in [0.29, 0.717) is 12.0 Å². The Morgan fingerprint density at radius 3 is 3.00 bits per heavy atom. The molecule has 1 aliphatic carbocycles. The van der Waals surface area contributed by atoms with E-state index in [4.69, 9.17) is 5.11 Å². The molecule has 0 bridgehead atoms. The van der Waals surface area contributed by atoms with Gasteiger partial charge in [-0.25, -0.2) is 4.98 Å². The van der Waals surface area contributed by atoms with Gasteiger partial charge in [0.1, 0.15) is 0 Å². The summed E-state index contributed by atoms with van der Waals surface area (Å²) in [5.41, 5.74) is 1.63. The molecule has 1 fully saturated rings. The minimum Gasteiger partial charge on any atom is -0.396 e. The SMILES string of the molecule is CCn1cncc1CNCC1(CCO)CC1. The lowest BCUT2D eigenvalue weighted by Gasteiger charge is -2.14. The van der Waals surface area contributed by atoms with Gasteiger partial charge in [-0.3, -0.25) is 0 Å². The molecule has 0 aromatic carbocycles. The topological polar surface area (TPSA) is 50.1 Å². The van der Waals surface area contributed by atoms with E-state index >= 15 is 0 Å². The summed E-state index contributed by atoms with van der Waals surface area (Å²) in [6.07, 6.45) is 7.24. The molecular formula is C12H21N3O. The Hall–Kier alpha value is -0.870. The van der Waals surface area contributed by atoms with Crippen molar-refractivity contribution in [1.82, 2.24) is 14.9 Å². The second kappa shape index (κ2) is 4.97. The number of aliphatic hydroxyl groups is 1. The number of hydrogen-bond acceptors (Lipinski definition) is 3. The van der Waals surface area contributed by atoms with Crippen LogP contribution >= 0.6 is 0 Å². The lowest BCUT2D eigenvalue weighted by Crippen LogP contribution is -2.25. The van der Waals surface area contributed by atoms with Crippen LogP contribution in [-0.2, 0) is 13.1 Å². The zero-order valence-electron chi connectivity index (χ0n) is 9.95. The third-order valence-corrected chi connectivity index (χ3v) is 3.54. The highest BCUT2D eigenvalue weighted by molar-refractivity contribution is 4.99. The number of nitrogens with zero attached hydrogens (tertiary/aromatic N) is 2. The first-order valence-electron chi connectivity index (χ1n) is 6.10. The Morgan fingerprint density at radius 1 is 1.56 bits per heavy atom. The molecule has 0 atom stereocenters. The number of aryl methyl sites for hydroxylation is 1. The van der Waals surface area contributed by atoms with Crippen LogP contribution in [0.25, 0.3) is 0 Å². The van der Waals surface area contributed by atoms with Crippen LogP contribution in [0.5, 0.6) is 0 Å². The monoisotopic (exact) mass is 223 g/mol. The average Bonchev–Trinajstić information content (AvgIpc) is 2.90. The van der Waals surface area contributed by atoms with Gasteiger partial charge in [-0.05, 0) is 31.6 Å². The van der Waals surface area contributed by atoms with Crippen molar-refractivity contribution in [3.63, 3.8) is 0 Å². The summed E-state index contributed by atoms with van der Waals surface area (Å²) in [5, 5.41) is 12.4. The van der Waals surface area contributed by atoms with Gasteiger partial charge < -0.3 is 15.0 Å². The standard InChI is InChI=1S/C12H21N3O/c1-2-15-10-14-8-11(15)7-13-9-12(3-4-12)5-6-16/h8,10,13,16H,2-7,9H2,1H3. The molecule has 2 rings (SSSR count). The fraction of sp³-hybridized carbons (Fsp3) is 0.750. The van der Waals surface area contributed by atoms with E-state index in [-0.39, 0.29) is 0 Å². The fourth-order valence-electron chi connectivity index (χ4n) is 2.16. The van der Waals surface area contributed by atoms with Crippen LogP contribution in [-0.4, -0.2) is 27.8 Å². The molecule has 90 valence electrons. The minimum atomic E-state index is 0.314. The van der Waals surface area contributed by atoms with Crippen LogP contribution in [0.2, 0.25) is 0 Å². The predicted octanol–water partition coefficient (Wildman–Crippen LogP) is 1.16. The summed E-state index contributed by atoms with van der Waals surface area (Å²) >= 11 is 0. The van der Waals surface area contributed by atoms with Crippen molar-refractivity contribution in [3.05, 3.63) is 18.2 Å². The Kier molecular flexibility index (Phi) is 3.61. The number of aliphatic hydroxyl groups excluding tert-OH is 1. The summed E-state index contributed by atoms with van der Waals surface area (Å²) in [5.74, 6) is 0. The molecule has 1 heterocycles. The van der Waals surface area contributed by atoms with E-state index in [1.165, 1.54) is 18.5 Å². The first-order valence-corrected chi connectivity index (χ1v) is 6.10. The Labute approximate surface area is 96.7 Å². The van der Waals surface area contributed by atoms with Gasteiger partial charge in [-0.2, -0.15) is 0 Å². The number of rotatable bonds is 7. The molecule has 1 aromatic heterocycles. The second-order valence-corrected chi connectivity index (χ2v) is 4.75. The third kappa shape index (κ3) is 2.62. The molecule has 0 radical (unpaired) electrons. The van der Waals surface area contributed by atoms with Crippen molar-refractivity contribution in [3.8, 4) is 0 Å². The highest BCUT2D eigenvalue weighted by atomic mass is 16.3. The molecule has 1 saturated carbocycles. The summed E-state index contributed by atoms with van der Waals surface area (Å²) in [4.78, 5) is 4.14. The molecule has 16 heavy (non-hydrogen) atoms. The number of aromatic nitrogens is 2. The zero-order valence-corrected chi connectivity index (χ0v) is 9.95. The largest absolute Gasteiger partial charge is 0.396 e. The summed E-state index contributed by atoms with van der Waals surface area (Å²) in [6.45, 7) is 5.30. The van der Waals surface area contributed by atoms with Crippen molar-refractivity contribution >= 4 is 0 Å². The van der Waals surface area contributed by atoms with Crippen molar-refractivity contribution < 1.29 is 5.11 Å². The third-order valence-electron chi connectivity index (χ3n) is 3.54. The smallest absolute Gasteiger partial charge is 0.0948 e. The van der Waals surface area contributed by atoms with E-state index in [1.54, 1.807) is 0 Å². The lowest BCUT2D eigenvalue weighted by molar-refractivity contribution is 0.245. The maximum atomic E-state index is 8.97. The summed E-state index contributed by atoms with van der Waals surface area (Å²) < 4.78 is 2.15. The lowest BCUT2D eigenvalue weighted by atomic mass is 10.0. The van der Waals surface area contributed by atoms with Crippen LogP contribution in [0.1, 0.15) is 31.9 Å². The summed E-state index contributed by atoms with van der Waals surface area (Å²) in [6, 6.07) is 0. The molecule has 4 nitrogen and oxygen atoms in total. The van der Waals surface area contributed by atoms with Crippen LogP contribution in [0, 0.1) is 5.41 Å². The Balaban J connectivity index is 1.76. The molecular weight excluding hydrogens is 202 g/mol. The Bertz CT molecular complexity index is 331. The molecule has 2 N–H and O–H groups in total. The van der Waals surface area contributed by atoms with Crippen LogP contribution < -0.4 is 5.32 Å². The van der Waals surface area contributed by atoms with E-state index in [0.717, 1.165) is 26.1 Å². The van der Waals surface area contributed by atoms with Crippen LogP contribution in [0.4, 0.5) is 0 Å². The van der Waals surface area contributed by atoms with Crippen molar-refractivity contribution in [2.45, 2.75) is 39.3 Å². The summed E-state index contributed by atoms with van der Waals surface area (Å²) in [7, 11) is 0. The average molecular weight is 223 g/mol. The van der Waals surface area contributed by atoms with Crippen molar-refractivity contribution in [1.29, 1.82) is 0 Å². The molecule has 0 spiro atoms. The highest BCUT2D eigenvalue weighted by Crippen LogP contribution is 2.47. The normalized spacial score (nSPS) is 17.6. The minimum absolute atomic E-state index is 0.314. The van der Waals surface area contributed by atoms with Gasteiger partial charge >= 0.3 is 0 Å². The van der Waals surface area contributed by atoms with Gasteiger partial charge in [0.2, 0.25) is 0 Å². The van der Waals surface area contributed by atoms with Gasteiger partial charge in [0.25, 0.3) is 0 Å². The Morgan fingerprint density at radius 2 is 2.38 bits per heavy atom. The zero-order chi connectivity index (χ0) is 11.4. The molecule has 0 saturated heterocycles. The van der Waals surface area contributed by atoms with E-state index in [9.17, 15) is 0 Å². The van der Waals surface area contributed by atoms with Crippen molar-refractivity contribution in [2.75, 3.05) is 13.2 Å². The fourth-order valence-corrected chi connectivity index (χ4v) is 2.16.